The number of carbonyl (C=O) groups excluding carboxylic acids is 2. The molecular weight excluding hydrogens is 426 g/mol. The molecule has 1 aliphatic rings. The molecule has 7 nitrogen and oxygen atoms in total. The average Bonchev–Trinajstić information content (AvgIpc) is 3.08. The second kappa shape index (κ2) is 11.8. The van der Waals surface area contributed by atoms with Gasteiger partial charge in [0.05, 0.1) is 12.2 Å². The van der Waals surface area contributed by atoms with Crippen molar-refractivity contribution in [2.75, 3.05) is 32.7 Å². The Hall–Kier alpha value is -2.64. The van der Waals surface area contributed by atoms with E-state index in [-0.39, 0.29) is 11.8 Å². The summed E-state index contributed by atoms with van der Waals surface area (Å²) < 4.78 is 1.80. The minimum Gasteiger partial charge on any atom is -0.351 e. The van der Waals surface area contributed by atoms with Crippen LogP contribution in [-0.4, -0.2) is 64.1 Å². The van der Waals surface area contributed by atoms with Crippen LogP contribution < -0.4 is 5.32 Å². The maximum Gasteiger partial charge on any atom is 0.246 e. The normalized spacial score (nSPS) is 14.8. The lowest BCUT2D eigenvalue weighted by atomic mass is 10.2. The van der Waals surface area contributed by atoms with Gasteiger partial charge in [-0.1, -0.05) is 55.3 Å². The fourth-order valence-electron chi connectivity index (χ4n) is 3.65. The van der Waals surface area contributed by atoms with Gasteiger partial charge in [-0.2, -0.15) is 5.10 Å². The zero-order valence-corrected chi connectivity index (χ0v) is 19.6. The summed E-state index contributed by atoms with van der Waals surface area (Å²) in [6.07, 6.45) is 5.41. The molecule has 8 heteroatoms. The Kier molecular flexibility index (Phi) is 8.88. The monoisotopic (exact) mass is 457 g/mol. The van der Waals surface area contributed by atoms with Crippen molar-refractivity contribution < 1.29 is 9.59 Å². The maximum atomic E-state index is 12.6. The number of carbonyl (C=O) groups is 2. The molecule has 1 aromatic carbocycles. The van der Waals surface area contributed by atoms with Crippen LogP contribution in [0.2, 0.25) is 5.15 Å². The van der Waals surface area contributed by atoms with E-state index in [1.807, 2.05) is 37.3 Å². The van der Waals surface area contributed by atoms with Gasteiger partial charge in [-0.05, 0) is 25.0 Å². The number of amides is 2. The Labute approximate surface area is 195 Å². The third-order valence-electron chi connectivity index (χ3n) is 5.61. The van der Waals surface area contributed by atoms with Crippen LogP contribution in [0.25, 0.3) is 6.08 Å². The molecule has 1 fully saturated rings. The van der Waals surface area contributed by atoms with Gasteiger partial charge >= 0.3 is 0 Å². The van der Waals surface area contributed by atoms with Crippen LogP contribution in [0.3, 0.4) is 0 Å². The molecule has 1 aliphatic heterocycles. The van der Waals surface area contributed by atoms with E-state index in [4.69, 9.17) is 11.6 Å². The average molecular weight is 458 g/mol. The Morgan fingerprint density at radius 3 is 2.56 bits per heavy atom. The zero-order valence-electron chi connectivity index (χ0n) is 18.9. The number of benzene rings is 1. The maximum absolute atomic E-state index is 12.6. The molecule has 0 spiro atoms. The van der Waals surface area contributed by atoms with Gasteiger partial charge in [0.25, 0.3) is 0 Å². The standard InChI is InChI=1S/C24H32ClN5O2/c1-3-4-12-30-24(25)21(19(2)27-30)10-11-23(32)29-15-13-28(14-16-29)18-22(31)26-17-20-8-6-5-7-9-20/h5-11H,3-4,12-18H2,1-2H3,(H,26,31)/b11-10+. The second-order valence-electron chi connectivity index (χ2n) is 8.06. The number of unbranched alkanes of at least 4 members (excludes halogenated alkanes) is 1. The lowest BCUT2D eigenvalue weighted by Crippen LogP contribution is -2.50. The van der Waals surface area contributed by atoms with Crippen molar-refractivity contribution >= 4 is 29.5 Å². The van der Waals surface area contributed by atoms with Gasteiger partial charge in [0.15, 0.2) is 0 Å². The quantitative estimate of drug-likeness (QED) is 0.587. The van der Waals surface area contributed by atoms with E-state index >= 15 is 0 Å². The number of rotatable bonds is 9. The van der Waals surface area contributed by atoms with E-state index in [9.17, 15) is 9.59 Å². The van der Waals surface area contributed by atoms with E-state index in [1.165, 1.54) is 0 Å². The van der Waals surface area contributed by atoms with Crippen molar-refractivity contribution in [1.29, 1.82) is 0 Å². The summed E-state index contributed by atoms with van der Waals surface area (Å²) >= 11 is 6.45. The second-order valence-corrected chi connectivity index (χ2v) is 8.42. The summed E-state index contributed by atoms with van der Waals surface area (Å²) in [7, 11) is 0. The van der Waals surface area contributed by atoms with Gasteiger partial charge in [0.2, 0.25) is 11.8 Å². The number of piperazine rings is 1. The van der Waals surface area contributed by atoms with Gasteiger partial charge < -0.3 is 10.2 Å². The van der Waals surface area contributed by atoms with Crippen LogP contribution in [0.15, 0.2) is 36.4 Å². The molecular formula is C24H32ClN5O2. The molecule has 0 aliphatic carbocycles. The molecule has 0 unspecified atom stereocenters. The first-order valence-electron chi connectivity index (χ1n) is 11.2. The van der Waals surface area contributed by atoms with Crippen LogP contribution in [0.1, 0.15) is 36.6 Å². The lowest BCUT2D eigenvalue weighted by Gasteiger charge is -2.33. The molecule has 172 valence electrons. The Morgan fingerprint density at radius 2 is 1.88 bits per heavy atom. The van der Waals surface area contributed by atoms with Crippen LogP contribution >= 0.6 is 11.6 Å². The summed E-state index contributed by atoms with van der Waals surface area (Å²) in [6.45, 7) is 8.21. The molecule has 2 amide bonds. The fraction of sp³-hybridized carbons (Fsp3) is 0.458. The number of nitrogens with zero attached hydrogens (tertiary/aromatic N) is 4. The summed E-state index contributed by atoms with van der Waals surface area (Å²) in [4.78, 5) is 28.7. The molecule has 1 N–H and O–H groups in total. The van der Waals surface area contributed by atoms with Crippen LogP contribution in [0.5, 0.6) is 0 Å². The van der Waals surface area contributed by atoms with E-state index < -0.39 is 0 Å². The lowest BCUT2D eigenvalue weighted by molar-refractivity contribution is -0.128. The van der Waals surface area contributed by atoms with Crippen molar-refractivity contribution in [3.05, 3.63) is 58.4 Å². The van der Waals surface area contributed by atoms with Crippen molar-refractivity contribution in [3.8, 4) is 0 Å². The van der Waals surface area contributed by atoms with E-state index in [1.54, 1.807) is 21.7 Å². The number of aryl methyl sites for hydroxylation is 2. The van der Waals surface area contributed by atoms with Crippen molar-refractivity contribution in [2.45, 2.75) is 39.8 Å². The van der Waals surface area contributed by atoms with Crippen LogP contribution in [-0.2, 0) is 22.7 Å². The molecule has 0 radical (unpaired) electrons. The smallest absolute Gasteiger partial charge is 0.246 e. The largest absolute Gasteiger partial charge is 0.351 e. The molecule has 32 heavy (non-hydrogen) atoms. The number of hydrogen-bond acceptors (Lipinski definition) is 4. The van der Waals surface area contributed by atoms with Crippen LogP contribution in [0, 0.1) is 6.92 Å². The number of nitrogens with one attached hydrogen (secondary N) is 1. The molecule has 0 atom stereocenters. The topological polar surface area (TPSA) is 70.5 Å². The Bertz CT molecular complexity index is 933. The molecule has 0 saturated carbocycles. The highest BCUT2D eigenvalue weighted by molar-refractivity contribution is 6.31. The molecule has 0 bridgehead atoms. The predicted octanol–water partition coefficient (Wildman–Crippen LogP) is 3.12. The first-order valence-corrected chi connectivity index (χ1v) is 11.6. The highest BCUT2D eigenvalue weighted by Crippen LogP contribution is 2.22. The Morgan fingerprint density at radius 1 is 1.16 bits per heavy atom. The van der Waals surface area contributed by atoms with E-state index in [2.05, 4.69) is 22.2 Å². The number of aromatic nitrogens is 2. The van der Waals surface area contributed by atoms with E-state index in [0.717, 1.165) is 36.2 Å². The minimum atomic E-state index is -0.0463. The first-order chi connectivity index (χ1) is 15.5. The predicted molar refractivity (Wildman–Crippen MR) is 127 cm³/mol. The van der Waals surface area contributed by atoms with Gasteiger partial charge in [-0.15, -0.1) is 0 Å². The molecule has 3 rings (SSSR count). The van der Waals surface area contributed by atoms with Crippen molar-refractivity contribution in [3.63, 3.8) is 0 Å². The van der Waals surface area contributed by atoms with Gasteiger partial charge in [-0.3, -0.25) is 19.2 Å². The SMILES string of the molecule is CCCCn1nc(C)c(/C=C/C(=O)N2CCN(CC(=O)NCc3ccccc3)CC2)c1Cl. The minimum absolute atomic E-state index is 0.00118. The van der Waals surface area contributed by atoms with Crippen molar-refractivity contribution in [2.24, 2.45) is 0 Å². The highest BCUT2D eigenvalue weighted by atomic mass is 35.5. The van der Waals surface area contributed by atoms with Gasteiger partial charge in [-0.25, -0.2) is 0 Å². The van der Waals surface area contributed by atoms with Gasteiger partial charge in [0, 0.05) is 50.9 Å². The highest BCUT2D eigenvalue weighted by Gasteiger charge is 2.21. The summed E-state index contributed by atoms with van der Waals surface area (Å²) in [6, 6.07) is 9.85. The van der Waals surface area contributed by atoms with Gasteiger partial charge in [0.1, 0.15) is 5.15 Å². The summed E-state index contributed by atoms with van der Waals surface area (Å²) in [5.41, 5.74) is 2.70. The third kappa shape index (κ3) is 6.68. The third-order valence-corrected chi connectivity index (χ3v) is 6.01. The number of hydrogen-bond donors (Lipinski definition) is 1. The molecule has 1 aromatic heterocycles. The summed E-state index contributed by atoms with van der Waals surface area (Å²) in [5.74, 6) is -0.0475. The van der Waals surface area contributed by atoms with Crippen molar-refractivity contribution in [1.82, 2.24) is 24.9 Å². The summed E-state index contributed by atoms with van der Waals surface area (Å²) in [5, 5.41) is 8.00. The Balaban J connectivity index is 1.44. The first kappa shape index (κ1) is 24.0. The zero-order chi connectivity index (χ0) is 22.9. The fourth-order valence-corrected chi connectivity index (χ4v) is 3.98. The number of halogens is 1. The van der Waals surface area contributed by atoms with Crippen LogP contribution in [0.4, 0.5) is 0 Å². The molecule has 2 aromatic rings. The van der Waals surface area contributed by atoms with E-state index in [0.29, 0.717) is 44.4 Å². The molecule has 2 heterocycles. The molecule has 1 saturated heterocycles.